The van der Waals surface area contributed by atoms with Gasteiger partial charge in [-0.2, -0.15) is 43.0 Å². The van der Waals surface area contributed by atoms with Gasteiger partial charge in [-0.25, -0.2) is 0 Å². The summed E-state index contributed by atoms with van der Waals surface area (Å²) in [4.78, 5) is 0. The Morgan fingerprint density at radius 2 is 1.80 bits per heavy atom. The van der Waals surface area contributed by atoms with E-state index in [4.69, 9.17) is 0 Å². The van der Waals surface area contributed by atoms with Crippen LogP contribution in [0.5, 0.6) is 0 Å². The van der Waals surface area contributed by atoms with Crippen molar-refractivity contribution in [1.29, 1.82) is 0 Å². The number of rotatable bonds is 1. The smallest absolute Gasteiger partial charge is 1.00 e. The van der Waals surface area contributed by atoms with Gasteiger partial charge in [-0.05, 0) is 5.75 Å². The van der Waals surface area contributed by atoms with Gasteiger partial charge in [-0.3, -0.25) is 0 Å². The second kappa shape index (κ2) is 7.92. The van der Waals surface area contributed by atoms with Gasteiger partial charge in [0.15, 0.2) is 0 Å². The summed E-state index contributed by atoms with van der Waals surface area (Å²) < 4.78 is 0. The van der Waals surface area contributed by atoms with E-state index in [-0.39, 0.29) is 40.0 Å². The molecule has 1 aromatic rings. The molecule has 0 aliphatic heterocycles. The number of halogens is 1. The summed E-state index contributed by atoms with van der Waals surface area (Å²) >= 11 is 4.10. The molecule has 0 fully saturated rings. The van der Waals surface area contributed by atoms with Crippen molar-refractivity contribution in [3.05, 3.63) is 35.9 Å². The minimum absolute atomic E-state index is 0. The Bertz CT molecular complexity index is 155. The van der Waals surface area contributed by atoms with E-state index in [0.29, 0.717) is 0 Å². The van der Waals surface area contributed by atoms with Crippen LogP contribution in [-0.2, 0) is 5.75 Å². The molecule has 0 aliphatic rings. The minimum atomic E-state index is 0. The van der Waals surface area contributed by atoms with Gasteiger partial charge in [-0.1, -0.05) is 0 Å². The second-order valence-electron chi connectivity index (χ2n) is 1.57. The molecule has 0 amide bonds. The van der Waals surface area contributed by atoms with Gasteiger partial charge in [0, 0.05) is 0 Å². The molecular weight excluding hydrogens is 220 g/mol. The van der Waals surface area contributed by atoms with Crippen molar-refractivity contribution in [2.45, 2.75) is 5.75 Å². The van der Waals surface area contributed by atoms with Crippen LogP contribution in [0.1, 0.15) is 5.56 Å². The van der Waals surface area contributed by atoms with Crippen molar-refractivity contribution in [3.8, 4) is 0 Å². The molecule has 0 N–H and O–H groups in total. The molecule has 0 radical (unpaired) electrons. The molecule has 0 spiro atoms. The summed E-state index contributed by atoms with van der Waals surface area (Å²) in [6.07, 6.45) is 0. The summed E-state index contributed by atoms with van der Waals surface area (Å²) in [7, 11) is 0. The van der Waals surface area contributed by atoms with Gasteiger partial charge in [0.25, 0.3) is 0 Å². The summed E-state index contributed by atoms with van der Waals surface area (Å²) in [5.74, 6) is 0.814. The van der Waals surface area contributed by atoms with Crippen molar-refractivity contribution in [2.24, 2.45) is 0 Å². The van der Waals surface area contributed by atoms with Crippen LogP contribution in [0.25, 0.3) is 0 Å². The van der Waals surface area contributed by atoms with Gasteiger partial charge in [-0.15, -0.1) is 5.56 Å². The Hall–Kier alpha value is 0.816. The van der Waals surface area contributed by atoms with Crippen LogP contribution in [0, 0.1) is 6.07 Å². The van der Waals surface area contributed by atoms with Crippen LogP contribution in [-0.4, -0.2) is 23.1 Å². The summed E-state index contributed by atoms with van der Waals surface area (Å²) in [6.45, 7) is 0. The molecule has 10 heavy (non-hydrogen) atoms. The topological polar surface area (TPSA) is 0 Å². The summed E-state index contributed by atoms with van der Waals surface area (Å²) in [5, 5.41) is 0. The number of thiol groups is 1. The molecular formula is C7H7BrMgS. The molecule has 50 valence electrons. The van der Waals surface area contributed by atoms with Gasteiger partial charge in [0.2, 0.25) is 0 Å². The summed E-state index contributed by atoms with van der Waals surface area (Å²) in [6, 6.07) is 10.7. The predicted molar refractivity (Wildman–Crippen MR) is 43.7 cm³/mol. The van der Waals surface area contributed by atoms with E-state index < -0.39 is 0 Å². The number of hydrogen-bond donors (Lipinski definition) is 1. The first-order chi connectivity index (χ1) is 3.93. The van der Waals surface area contributed by atoms with Gasteiger partial charge in [0.1, 0.15) is 0 Å². The molecule has 0 heterocycles. The molecule has 0 bridgehead atoms. The third kappa shape index (κ3) is 4.60. The average Bonchev–Trinajstić information content (AvgIpc) is 1.90. The second-order valence-corrected chi connectivity index (χ2v) is 1.88. The van der Waals surface area contributed by atoms with E-state index in [0.717, 1.165) is 5.75 Å². The van der Waals surface area contributed by atoms with E-state index in [1.165, 1.54) is 5.56 Å². The third-order valence-corrected chi connectivity index (χ3v) is 1.33. The zero-order valence-electron chi connectivity index (χ0n) is 5.55. The van der Waals surface area contributed by atoms with Gasteiger partial charge >= 0.3 is 23.1 Å². The van der Waals surface area contributed by atoms with Crippen LogP contribution >= 0.6 is 12.6 Å². The fourth-order valence-corrected chi connectivity index (χ4v) is 0.738. The third-order valence-electron chi connectivity index (χ3n) is 0.970. The normalized spacial score (nSPS) is 7.30. The van der Waals surface area contributed by atoms with E-state index in [1.54, 1.807) is 0 Å². The first-order valence-electron chi connectivity index (χ1n) is 2.49. The fraction of sp³-hybridized carbons (Fsp3) is 0.143. The molecule has 0 nitrogen and oxygen atoms in total. The maximum atomic E-state index is 4.10. The monoisotopic (exact) mass is 226 g/mol. The Balaban J connectivity index is 0. The van der Waals surface area contributed by atoms with Gasteiger partial charge in [0.05, 0.1) is 0 Å². The standard InChI is InChI=1S/C7H7S.BrH.Mg/c8-6-7-4-2-1-3-5-7;;/h2-5,8H,6H2;1H;/q-1;;+2/p-1. The van der Waals surface area contributed by atoms with Gasteiger partial charge < -0.3 is 17.0 Å². The van der Waals surface area contributed by atoms with Crippen molar-refractivity contribution < 1.29 is 17.0 Å². The predicted octanol–water partition coefficient (Wildman–Crippen LogP) is -1.46. The molecule has 1 aromatic carbocycles. The van der Waals surface area contributed by atoms with Crippen molar-refractivity contribution in [3.63, 3.8) is 0 Å². The van der Waals surface area contributed by atoms with Crippen LogP contribution in [0.2, 0.25) is 0 Å². The van der Waals surface area contributed by atoms with Crippen LogP contribution in [0.4, 0.5) is 0 Å². The van der Waals surface area contributed by atoms with E-state index >= 15 is 0 Å². The minimum Gasteiger partial charge on any atom is -1.00 e. The largest absolute Gasteiger partial charge is 2.00 e. The Morgan fingerprint density at radius 3 is 2.10 bits per heavy atom. The molecule has 1 rings (SSSR count). The Kier molecular flexibility index (Phi) is 10.6. The quantitative estimate of drug-likeness (QED) is 0.338. The molecule has 0 aromatic heterocycles. The zero-order valence-corrected chi connectivity index (χ0v) is 9.44. The zero-order chi connectivity index (χ0) is 5.82. The SMILES string of the molecule is SCc1cc[c-]cc1.[Br-].[Mg+2]. The van der Waals surface area contributed by atoms with Crippen LogP contribution in [0.3, 0.4) is 0 Å². The maximum Gasteiger partial charge on any atom is 2.00 e. The number of hydrogen-bond acceptors (Lipinski definition) is 1. The Morgan fingerprint density at radius 1 is 1.30 bits per heavy atom. The molecule has 0 unspecified atom stereocenters. The maximum absolute atomic E-state index is 4.10. The fourth-order valence-electron chi connectivity index (χ4n) is 0.527. The van der Waals surface area contributed by atoms with E-state index in [9.17, 15) is 0 Å². The van der Waals surface area contributed by atoms with Crippen LogP contribution < -0.4 is 17.0 Å². The average molecular weight is 227 g/mol. The molecule has 0 aliphatic carbocycles. The van der Waals surface area contributed by atoms with Crippen molar-refractivity contribution in [1.82, 2.24) is 0 Å². The molecule has 3 heteroatoms. The van der Waals surface area contributed by atoms with Crippen LogP contribution in [0.15, 0.2) is 24.3 Å². The first-order valence-corrected chi connectivity index (χ1v) is 3.12. The first kappa shape index (κ1) is 13.4. The number of benzene rings is 1. The molecule has 0 saturated heterocycles. The van der Waals surface area contributed by atoms with E-state index in [2.05, 4.69) is 18.7 Å². The van der Waals surface area contributed by atoms with Crippen molar-refractivity contribution >= 4 is 35.7 Å². The van der Waals surface area contributed by atoms with E-state index in [1.807, 2.05) is 24.3 Å². The van der Waals surface area contributed by atoms with Crippen molar-refractivity contribution in [2.75, 3.05) is 0 Å². The Labute approximate surface area is 93.7 Å². The molecule has 0 atom stereocenters. The molecule has 0 saturated carbocycles. The summed E-state index contributed by atoms with van der Waals surface area (Å²) in [5.41, 5.74) is 1.24.